The van der Waals surface area contributed by atoms with Crippen molar-refractivity contribution in [3.8, 4) is 5.75 Å². The summed E-state index contributed by atoms with van der Waals surface area (Å²) in [5.74, 6) is 0.568. The zero-order valence-electron chi connectivity index (χ0n) is 10.4. The summed E-state index contributed by atoms with van der Waals surface area (Å²) in [6.45, 7) is 3.63. The number of para-hydroxylation sites is 1. The molecule has 1 amide bonds. The van der Waals surface area contributed by atoms with Crippen molar-refractivity contribution < 1.29 is 14.6 Å². The first-order chi connectivity index (χ1) is 8.67. The van der Waals surface area contributed by atoms with Crippen LogP contribution < -0.4 is 10.5 Å². The van der Waals surface area contributed by atoms with Crippen molar-refractivity contribution in [3.63, 3.8) is 0 Å². The topological polar surface area (TPSA) is 75.8 Å². The van der Waals surface area contributed by atoms with Crippen LogP contribution in [0, 0.1) is 5.92 Å². The molecule has 0 saturated carbocycles. The van der Waals surface area contributed by atoms with Gasteiger partial charge in [0.2, 0.25) is 0 Å². The number of carbonyl (C=O) groups is 1. The summed E-state index contributed by atoms with van der Waals surface area (Å²) in [6.07, 6.45) is 0. The van der Waals surface area contributed by atoms with E-state index in [-0.39, 0.29) is 18.4 Å². The zero-order chi connectivity index (χ0) is 13.1. The van der Waals surface area contributed by atoms with Gasteiger partial charge in [0.15, 0.2) is 5.75 Å². The van der Waals surface area contributed by atoms with Crippen molar-refractivity contribution in [2.75, 3.05) is 32.0 Å². The molecule has 1 saturated heterocycles. The molecular weight excluding hydrogens is 232 g/mol. The molecule has 0 aliphatic carbocycles. The lowest BCUT2D eigenvalue weighted by Gasteiger charge is -2.38. The van der Waals surface area contributed by atoms with Crippen LogP contribution in [0.4, 0.5) is 5.69 Å². The molecule has 5 heteroatoms. The third-order valence-corrected chi connectivity index (χ3v) is 3.07. The van der Waals surface area contributed by atoms with Crippen LogP contribution in [0.1, 0.15) is 17.3 Å². The molecule has 1 fully saturated rings. The van der Waals surface area contributed by atoms with Gasteiger partial charge in [-0.1, -0.05) is 6.07 Å². The van der Waals surface area contributed by atoms with Crippen molar-refractivity contribution in [3.05, 3.63) is 23.8 Å². The Balaban J connectivity index is 2.17. The van der Waals surface area contributed by atoms with Crippen molar-refractivity contribution in [1.82, 2.24) is 4.90 Å². The predicted molar refractivity (Wildman–Crippen MR) is 68.5 cm³/mol. The van der Waals surface area contributed by atoms with E-state index in [1.165, 1.54) is 0 Å². The number of amides is 1. The maximum atomic E-state index is 12.2. The molecule has 0 bridgehead atoms. The molecule has 1 aliphatic rings. The normalized spacial score (nSPS) is 15.3. The molecule has 1 aromatic carbocycles. The molecule has 1 aromatic rings. The quantitative estimate of drug-likeness (QED) is 0.772. The second-order valence-corrected chi connectivity index (χ2v) is 4.42. The first-order valence-corrected chi connectivity index (χ1v) is 6.08. The molecule has 0 unspecified atom stereocenters. The minimum Gasteiger partial charge on any atom is -0.491 e. The van der Waals surface area contributed by atoms with E-state index in [1.807, 2.05) is 6.92 Å². The molecule has 2 rings (SSSR count). The third-order valence-electron chi connectivity index (χ3n) is 3.07. The van der Waals surface area contributed by atoms with Gasteiger partial charge in [-0.15, -0.1) is 0 Å². The zero-order valence-corrected chi connectivity index (χ0v) is 10.4. The van der Waals surface area contributed by atoms with Crippen LogP contribution in [0.5, 0.6) is 5.75 Å². The van der Waals surface area contributed by atoms with E-state index in [9.17, 15) is 4.79 Å². The van der Waals surface area contributed by atoms with E-state index in [2.05, 4.69) is 0 Å². The Kier molecular flexibility index (Phi) is 3.72. The van der Waals surface area contributed by atoms with Crippen LogP contribution in [0.15, 0.2) is 18.2 Å². The summed E-state index contributed by atoms with van der Waals surface area (Å²) >= 11 is 0. The summed E-state index contributed by atoms with van der Waals surface area (Å²) in [4.78, 5) is 13.9. The highest BCUT2D eigenvalue weighted by molar-refractivity contribution is 5.99. The largest absolute Gasteiger partial charge is 0.491 e. The van der Waals surface area contributed by atoms with Crippen LogP contribution >= 0.6 is 0 Å². The highest BCUT2D eigenvalue weighted by Crippen LogP contribution is 2.29. The number of hydrogen-bond acceptors (Lipinski definition) is 4. The lowest BCUT2D eigenvalue weighted by Crippen LogP contribution is -2.51. The number of likely N-dealkylation sites (tertiary alicyclic amines) is 1. The SMILES string of the molecule is CCOc1c(N)cccc1C(=O)N1CC(CO)C1. The molecule has 98 valence electrons. The third kappa shape index (κ3) is 2.26. The maximum absolute atomic E-state index is 12.2. The summed E-state index contributed by atoms with van der Waals surface area (Å²) in [6, 6.07) is 5.18. The van der Waals surface area contributed by atoms with E-state index in [0.29, 0.717) is 36.7 Å². The number of nitrogens with zero attached hydrogens (tertiary/aromatic N) is 1. The van der Waals surface area contributed by atoms with Crippen molar-refractivity contribution in [1.29, 1.82) is 0 Å². The fourth-order valence-electron chi connectivity index (χ4n) is 2.05. The van der Waals surface area contributed by atoms with Gasteiger partial charge in [-0.25, -0.2) is 0 Å². The lowest BCUT2D eigenvalue weighted by molar-refractivity contribution is 0.0359. The smallest absolute Gasteiger partial charge is 0.257 e. The summed E-state index contributed by atoms with van der Waals surface area (Å²) in [5.41, 5.74) is 6.79. The molecule has 1 aliphatic heterocycles. The van der Waals surface area contributed by atoms with Gasteiger partial charge in [0.05, 0.1) is 17.9 Å². The van der Waals surface area contributed by atoms with Crippen LogP contribution in [0.2, 0.25) is 0 Å². The summed E-state index contributed by atoms with van der Waals surface area (Å²) < 4.78 is 5.44. The molecule has 0 radical (unpaired) electrons. The Hall–Kier alpha value is -1.75. The summed E-state index contributed by atoms with van der Waals surface area (Å²) in [5, 5.41) is 8.96. The molecule has 1 heterocycles. The second-order valence-electron chi connectivity index (χ2n) is 4.42. The van der Waals surface area contributed by atoms with Gasteiger partial charge in [0, 0.05) is 25.6 Å². The standard InChI is InChI=1S/C13H18N2O3/c1-2-18-12-10(4-3-5-11(12)14)13(17)15-6-9(7-15)8-16/h3-5,9,16H,2,6-8,14H2,1H3. The molecule has 0 atom stereocenters. The highest BCUT2D eigenvalue weighted by atomic mass is 16.5. The van der Waals surface area contributed by atoms with Gasteiger partial charge in [0.25, 0.3) is 5.91 Å². The minimum absolute atomic E-state index is 0.0875. The first-order valence-electron chi connectivity index (χ1n) is 6.08. The van der Waals surface area contributed by atoms with Crippen LogP contribution in [0.3, 0.4) is 0 Å². The van der Waals surface area contributed by atoms with Crippen molar-refractivity contribution in [2.24, 2.45) is 5.92 Å². The Morgan fingerprint density at radius 3 is 2.89 bits per heavy atom. The number of ether oxygens (including phenoxy) is 1. The van der Waals surface area contributed by atoms with Gasteiger partial charge < -0.3 is 20.5 Å². The van der Waals surface area contributed by atoms with E-state index < -0.39 is 0 Å². The van der Waals surface area contributed by atoms with Gasteiger partial charge >= 0.3 is 0 Å². The fourth-order valence-corrected chi connectivity index (χ4v) is 2.05. The fraction of sp³-hybridized carbons (Fsp3) is 0.462. The van der Waals surface area contributed by atoms with Crippen LogP contribution in [0.25, 0.3) is 0 Å². The number of nitrogen functional groups attached to an aromatic ring is 1. The monoisotopic (exact) mass is 250 g/mol. The summed E-state index contributed by atoms with van der Waals surface area (Å²) in [7, 11) is 0. The van der Waals surface area contributed by atoms with Gasteiger partial charge in [0.1, 0.15) is 0 Å². The van der Waals surface area contributed by atoms with E-state index in [1.54, 1.807) is 23.1 Å². The van der Waals surface area contributed by atoms with Gasteiger partial charge in [-0.2, -0.15) is 0 Å². The molecule has 5 nitrogen and oxygen atoms in total. The Bertz CT molecular complexity index is 442. The number of hydrogen-bond donors (Lipinski definition) is 2. The number of aliphatic hydroxyl groups excluding tert-OH is 1. The number of aliphatic hydroxyl groups is 1. The first kappa shape index (κ1) is 12.7. The average Bonchev–Trinajstić information content (AvgIpc) is 2.30. The van der Waals surface area contributed by atoms with E-state index in [4.69, 9.17) is 15.6 Å². The second kappa shape index (κ2) is 5.27. The number of rotatable bonds is 4. The molecule has 0 spiro atoms. The van der Waals surface area contributed by atoms with E-state index >= 15 is 0 Å². The number of anilines is 1. The Labute approximate surface area is 106 Å². The highest BCUT2D eigenvalue weighted by Gasteiger charge is 2.32. The average molecular weight is 250 g/mol. The molecular formula is C13H18N2O3. The number of carbonyl (C=O) groups excluding carboxylic acids is 1. The minimum atomic E-state index is -0.0875. The van der Waals surface area contributed by atoms with Crippen LogP contribution in [-0.2, 0) is 0 Å². The molecule has 18 heavy (non-hydrogen) atoms. The van der Waals surface area contributed by atoms with E-state index in [0.717, 1.165) is 0 Å². The Morgan fingerprint density at radius 1 is 1.56 bits per heavy atom. The van der Waals surface area contributed by atoms with Crippen molar-refractivity contribution >= 4 is 11.6 Å². The van der Waals surface area contributed by atoms with Gasteiger partial charge in [-0.05, 0) is 19.1 Å². The van der Waals surface area contributed by atoms with Gasteiger partial charge in [-0.3, -0.25) is 4.79 Å². The number of benzene rings is 1. The molecule has 0 aromatic heterocycles. The molecule has 3 N–H and O–H groups in total. The van der Waals surface area contributed by atoms with Crippen LogP contribution in [-0.4, -0.2) is 42.2 Å². The van der Waals surface area contributed by atoms with Crippen molar-refractivity contribution in [2.45, 2.75) is 6.92 Å². The predicted octanol–water partition coefficient (Wildman–Crippen LogP) is 0.732. The number of nitrogens with two attached hydrogens (primary N) is 1. The maximum Gasteiger partial charge on any atom is 0.257 e. The Morgan fingerprint density at radius 2 is 2.28 bits per heavy atom. The lowest BCUT2D eigenvalue weighted by atomic mass is 9.99.